The maximum Gasteiger partial charge on any atom is -0.0130 e. The third kappa shape index (κ3) is 0.920. The van der Waals surface area contributed by atoms with Gasteiger partial charge in [-0.2, -0.15) is 0 Å². The highest BCUT2D eigenvalue weighted by Crippen LogP contribution is 2.48. The van der Waals surface area contributed by atoms with E-state index in [1.807, 2.05) is 0 Å². The lowest BCUT2D eigenvalue weighted by molar-refractivity contribution is 0.731. The highest BCUT2D eigenvalue weighted by Gasteiger charge is 2.37. The Balaban J connectivity index is 1.92. The zero-order valence-corrected chi connectivity index (χ0v) is 6.51. The second-order valence-electron chi connectivity index (χ2n) is 3.38. The smallest absolute Gasteiger partial charge is 0.0130 e. The van der Waals surface area contributed by atoms with E-state index in [1.54, 1.807) is 5.57 Å². The van der Waals surface area contributed by atoms with E-state index in [9.17, 15) is 0 Å². The molecular weight excluding hydrogens is 120 g/mol. The van der Waals surface area contributed by atoms with Crippen molar-refractivity contribution in [3.05, 3.63) is 23.8 Å². The van der Waals surface area contributed by atoms with E-state index >= 15 is 0 Å². The summed E-state index contributed by atoms with van der Waals surface area (Å²) < 4.78 is 0. The van der Waals surface area contributed by atoms with E-state index in [1.165, 1.54) is 19.3 Å². The van der Waals surface area contributed by atoms with Crippen LogP contribution in [-0.2, 0) is 0 Å². The summed E-state index contributed by atoms with van der Waals surface area (Å²) in [5.74, 6) is 2.01. The molecule has 2 aliphatic rings. The Morgan fingerprint density at radius 1 is 1.60 bits per heavy atom. The molecule has 0 amide bonds. The van der Waals surface area contributed by atoms with Crippen LogP contribution in [0.3, 0.4) is 0 Å². The van der Waals surface area contributed by atoms with E-state index in [4.69, 9.17) is 0 Å². The molecule has 54 valence electrons. The topological polar surface area (TPSA) is 0 Å². The van der Waals surface area contributed by atoms with Gasteiger partial charge in [-0.1, -0.05) is 37.1 Å². The van der Waals surface area contributed by atoms with Crippen LogP contribution >= 0.6 is 0 Å². The molecule has 0 saturated heterocycles. The van der Waals surface area contributed by atoms with Crippen LogP contribution in [0, 0.1) is 11.8 Å². The Bertz CT molecular complexity index is 186. The molecule has 2 unspecified atom stereocenters. The van der Waals surface area contributed by atoms with Crippen LogP contribution in [0.25, 0.3) is 0 Å². The van der Waals surface area contributed by atoms with Gasteiger partial charge in [0.05, 0.1) is 0 Å². The minimum absolute atomic E-state index is 0.972. The summed E-state index contributed by atoms with van der Waals surface area (Å²) in [5.41, 5.74) is 1.69. The molecule has 0 aromatic carbocycles. The fourth-order valence-electron chi connectivity index (χ4n) is 1.89. The molecule has 0 radical (unpaired) electrons. The molecule has 10 heavy (non-hydrogen) atoms. The first-order valence-electron chi connectivity index (χ1n) is 4.27. The van der Waals surface area contributed by atoms with Gasteiger partial charge in [0.25, 0.3) is 0 Å². The monoisotopic (exact) mass is 134 g/mol. The number of hydrogen-bond donors (Lipinski definition) is 0. The highest BCUT2D eigenvalue weighted by molar-refractivity contribution is 5.28. The Kier molecular flexibility index (Phi) is 1.40. The maximum atomic E-state index is 2.31. The summed E-state index contributed by atoms with van der Waals surface area (Å²) in [6, 6.07) is 0. The first kappa shape index (κ1) is 6.21. The van der Waals surface area contributed by atoms with Crippen LogP contribution < -0.4 is 0 Å². The second kappa shape index (κ2) is 2.26. The van der Waals surface area contributed by atoms with Gasteiger partial charge in [-0.3, -0.25) is 0 Å². The molecule has 0 aromatic rings. The minimum Gasteiger partial charge on any atom is -0.0805 e. The quantitative estimate of drug-likeness (QED) is 0.544. The molecule has 0 heteroatoms. The van der Waals surface area contributed by atoms with Crippen molar-refractivity contribution in [2.45, 2.75) is 26.2 Å². The Morgan fingerprint density at radius 2 is 2.50 bits per heavy atom. The van der Waals surface area contributed by atoms with Crippen molar-refractivity contribution in [1.82, 2.24) is 0 Å². The van der Waals surface area contributed by atoms with Crippen LogP contribution in [0.2, 0.25) is 0 Å². The maximum absolute atomic E-state index is 2.31. The van der Waals surface area contributed by atoms with Crippen LogP contribution in [0.15, 0.2) is 23.8 Å². The lowest BCUT2D eigenvalue weighted by atomic mass is 10.1. The summed E-state index contributed by atoms with van der Waals surface area (Å²) in [4.78, 5) is 0. The molecular formula is C10H14. The largest absolute Gasteiger partial charge is 0.0805 e. The first-order chi connectivity index (χ1) is 4.92. The van der Waals surface area contributed by atoms with Crippen molar-refractivity contribution in [1.29, 1.82) is 0 Å². The fraction of sp³-hybridized carbons (Fsp3) is 0.600. The van der Waals surface area contributed by atoms with Crippen LogP contribution in [0.1, 0.15) is 26.2 Å². The predicted octanol–water partition coefficient (Wildman–Crippen LogP) is 2.92. The van der Waals surface area contributed by atoms with Crippen molar-refractivity contribution in [3.8, 4) is 0 Å². The molecule has 2 rings (SSSR count). The van der Waals surface area contributed by atoms with Gasteiger partial charge >= 0.3 is 0 Å². The summed E-state index contributed by atoms with van der Waals surface area (Å²) in [7, 11) is 0. The molecule has 1 saturated carbocycles. The van der Waals surface area contributed by atoms with Crippen molar-refractivity contribution >= 4 is 0 Å². The van der Waals surface area contributed by atoms with Gasteiger partial charge in [-0.05, 0) is 24.7 Å². The molecule has 0 aromatic heterocycles. The third-order valence-corrected chi connectivity index (χ3v) is 2.72. The summed E-state index contributed by atoms with van der Waals surface area (Å²) in [6.45, 7) is 2.30. The van der Waals surface area contributed by atoms with E-state index in [0.717, 1.165) is 11.8 Å². The summed E-state index contributed by atoms with van der Waals surface area (Å²) in [6.07, 6.45) is 10.8. The van der Waals surface area contributed by atoms with Crippen molar-refractivity contribution in [2.75, 3.05) is 0 Å². The first-order valence-corrected chi connectivity index (χ1v) is 4.27. The lowest BCUT2D eigenvalue weighted by Crippen LogP contribution is -1.83. The van der Waals surface area contributed by atoms with E-state index < -0.39 is 0 Å². The fourth-order valence-corrected chi connectivity index (χ4v) is 1.89. The number of hydrogen-bond acceptors (Lipinski definition) is 0. The van der Waals surface area contributed by atoms with E-state index in [2.05, 4.69) is 25.2 Å². The average molecular weight is 134 g/mol. The highest BCUT2D eigenvalue weighted by atomic mass is 14.4. The summed E-state index contributed by atoms with van der Waals surface area (Å²) >= 11 is 0. The summed E-state index contributed by atoms with van der Waals surface area (Å²) in [5, 5.41) is 0. The van der Waals surface area contributed by atoms with Crippen LogP contribution in [0.4, 0.5) is 0 Å². The molecule has 1 fully saturated rings. The molecule has 0 bridgehead atoms. The molecule has 2 atom stereocenters. The third-order valence-electron chi connectivity index (χ3n) is 2.72. The zero-order valence-electron chi connectivity index (χ0n) is 6.51. The van der Waals surface area contributed by atoms with Gasteiger partial charge in [0.15, 0.2) is 0 Å². The SMILES string of the molecule is CCC1CC1C1=CC=CC1. The van der Waals surface area contributed by atoms with Gasteiger partial charge in [-0.15, -0.1) is 0 Å². The molecule has 0 spiro atoms. The normalized spacial score (nSPS) is 36.3. The van der Waals surface area contributed by atoms with Gasteiger partial charge in [0.1, 0.15) is 0 Å². The predicted molar refractivity (Wildman–Crippen MR) is 43.7 cm³/mol. The van der Waals surface area contributed by atoms with Crippen molar-refractivity contribution in [2.24, 2.45) is 11.8 Å². The van der Waals surface area contributed by atoms with Gasteiger partial charge in [-0.25, -0.2) is 0 Å². The molecule has 0 heterocycles. The number of allylic oxidation sites excluding steroid dienone is 4. The molecule has 0 aliphatic heterocycles. The Hall–Kier alpha value is -0.520. The lowest BCUT2D eigenvalue weighted by Gasteiger charge is -1.96. The van der Waals surface area contributed by atoms with Crippen LogP contribution in [0.5, 0.6) is 0 Å². The Labute approximate surface area is 62.6 Å². The Morgan fingerprint density at radius 3 is 3.00 bits per heavy atom. The number of rotatable bonds is 2. The van der Waals surface area contributed by atoms with Gasteiger partial charge < -0.3 is 0 Å². The van der Waals surface area contributed by atoms with Crippen molar-refractivity contribution < 1.29 is 0 Å². The zero-order chi connectivity index (χ0) is 6.97. The van der Waals surface area contributed by atoms with Crippen molar-refractivity contribution in [3.63, 3.8) is 0 Å². The second-order valence-corrected chi connectivity index (χ2v) is 3.38. The van der Waals surface area contributed by atoms with E-state index in [0.29, 0.717) is 0 Å². The molecule has 0 N–H and O–H groups in total. The van der Waals surface area contributed by atoms with Crippen LogP contribution in [-0.4, -0.2) is 0 Å². The van der Waals surface area contributed by atoms with E-state index in [-0.39, 0.29) is 0 Å². The molecule has 2 aliphatic carbocycles. The standard InChI is InChI=1S/C10H14/c1-2-8-7-10(8)9-5-3-4-6-9/h3-5,8,10H,2,6-7H2,1H3. The van der Waals surface area contributed by atoms with Gasteiger partial charge in [0.2, 0.25) is 0 Å². The average Bonchev–Trinajstić information content (AvgIpc) is 2.56. The molecule has 0 nitrogen and oxygen atoms in total. The van der Waals surface area contributed by atoms with Gasteiger partial charge in [0, 0.05) is 0 Å². The minimum atomic E-state index is 0.972.